The third-order valence-corrected chi connectivity index (χ3v) is 4.91. The van der Waals surface area contributed by atoms with E-state index in [9.17, 15) is 9.18 Å². The van der Waals surface area contributed by atoms with Crippen LogP contribution in [-0.4, -0.2) is 26.4 Å². The van der Waals surface area contributed by atoms with Crippen LogP contribution in [-0.2, 0) is 11.3 Å². The van der Waals surface area contributed by atoms with Gasteiger partial charge in [-0.25, -0.2) is 4.39 Å². The first kappa shape index (κ1) is 18.1. The van der Waals surface area contributed by atoms with Crippen LogP contribution in [0.1, 0.15) is 12.5 Å². The lowest BCUT2D eigenvalue weighted by Crippen LogP contribution is -2.15. The molecule has 1 N–H and O–H groups in total. The summed E-state index contributed by atoms with van der Waals surface area (Å²) in [4.78, 5) is 12.2. The summed E-state index contributed by atoms with van der Waals surface area (Å²) >= 11 is 1.31. The summed E-state index contributed by atoms with van der Waals surface area (Å²) in [6, 6.07) is 14.4. The minimum atomic E-state index is -0.339. The number of hydrogen-bond donors (Lipinski definition) is 1. The molecule has 0 aliphatic rings. The van der Waals surface area contributed by atoms with Crippen LogP contribution in [0, 0.1) is 12.7 Å². The largest absolute Gasteiger partial charge is 0.325 e. The van der Waals surface area contributed by atoms with Crippen LogP contribution in [0.4, 0.5) is 10.1 Å². The topological polar surface area (TPSA) is 59.8 Å². The smallest absolute Gasteiger partial charge is 0.234 e. The molecule has 26 heavy (non-hydrogen) atoms. The van der Waals surface area contributed by atoms with E-state index in [1.54, 1.807) is 19.1 Å². The Hall–Kier alpha value is -2.67. The number of aromatic nitrogens is 3. The van der Waals surface area contributed by atoms with E-state index in [-0.39, 0.29) is 17.5 Å². The molecule has 7 heteroatoms. The van der Waals surface area contributed by atoms with E-state index in [1.807, 2.05) is 41.8 Å². The highest BCUT2D eigenvalue weighted by Gasteiger charge is 2.15. The number of nitrogens with zero attached hydrogens (tertiary/aromatic N) is 3. The Bertz CT molecular complexity index is 911. The summed E-state index contributed by atoms with van der Waals surface area (Å²) in [7, 11) is 0. The Morgan fingerprint density at radius 2 is 1.92 bits per heavy atom. The fraction of sp³-hybridized carbons (Fsp3) is 0.211. The van der Waals surface area contributed by atoms with Crippen LogP contribution in [0.3, 0.4) is 0 Å². The predicted molar refractivity (Wildman–Crippen MR) is 102 cm³/mol. The van der Waals surface area contributed by atoms with Gasteiger partial charge in [-0.1, -0.05) is 48.2 Å². The van der Waals surface area contributed by atoms with Crippen LogP contribution in [0.25, 0.3) is 11.4 Å². The molecule has 0 saturated heterocycles. The average molecular weight is 370 g/mol. The van der Waals surface area contributed by atoms with Crippen molar-refractivity contribution in [2.45, 2.75) is 25.5 Å². The highest BCUT2D eigenvalue weighted by atomic mass is 32.2. The molecule has 0 bridgehead atoms. The van der Waals surface area contributed by atoms with Gasteiger partial charge in [0.1, 0.15) is 5.82 Å². The zero-order valence-electron chi connectivity index (χ0n) is 14.6. The maximum Gasteiger partial charge on any atom is 0.234 e. The van der Waals surface area contributed by atoms with E-state index in [1.165, 1.54) is 17.8 Å². The van der Waals surface area contributed by atoms with E-state index in [0.29, 0.717) is 23.0 Å². The van der Waals surface area contributed by atoms with E-state index in [4.69, 9.17) is 0 Å². The Morgan fingerprint density at radius 1 is 1.15 bits per heavy atom. The van der Waals surface area contributed by atoms with Crippen LogP contribution in [0.2, 0.25) is 0 Å². The van der Waals surface area contributed by atoms with Gasteiger partial charge in [0.15, 0.2) is 11.0 Å². The van der Waals surface area contributed by atoms with Gasteiger partial charge in [-0.3, -0.25) is 4.79 Å². The molecule has 0 aliphatic carbocycles. The lowest BCUT2D eigenvalue weighted by Gasteiger charge is -2.09. The number of carbonyl (C=O) groups excluding carboxylic acids is 1. The Labute approximate surface area is 155 Å². The Kier molecular flexibility index (Phi) is 5.68. The minimum absolute atomic E-state index is 0.170. The molecular weight excluding hydrogens is 351 g/mol. The number of carbonyl (C=O) groups is 1. The van der Waals surface area contributed by atoms with Gasteiger partial charge in [-0.15, -0.1) is 10.2 Å². The molecule has 1 heterocycles. The van der Waals surface area contributed by atoms with Crippen LogP contribution >= 0.6 is 11.8 Å². The van der Waals surface area contributed by atoms with E-state index in [0.717, 1.165) is 11.4 Å². The molecule has 3 aromatic rings. The summed E-state index contributed by atoms with van der Waals surface area (Å²) in [6.45, 7) is 4.35. The zero-order valence-corrected chi connectivity index (χ0v) is 15.4. The Balaban J connectivity index is 1.69. The van der Waals surface area contributed by atoms with Crippen molar-refractivity contribution in [3.8, 4) is 11.4 Å². The molecule has 0 radical (unpaired) electrons. The number of hydrogen-bond acceptors (Lipinski definition) is 4. The van der Waals surface area contributed by atoms with Crippen molar-refractivity contribution >= 4 is 23.4 Å². The van der Waals surface area contributed by atoms with Gasteiger partial charge in [0.25, 0.3) is 0 Å². The second-order valence-electron chi connectivity index (χ2n) is 5.67. The van der Waals surface area contributed by atoms with E-state index >= 15 is 0 Å². The first-order valence-corrected chi connectivity index (χ1v) is 9.25. The second-order valence-corrected chi connectivity index (χ2v) is 6.61. The van der Waals surface area contributed by atoms with Gasteiger partial charge in [0.2, 0.25) is 5.91 Å². The molecule has 0 spiro atoms. The number of anilines is 1. The second kappa shape index (κ2) is 8.14. The normalized spacial score (nSPS) is 10.7. The molecular formula is C19H19FN4OS. The molecule has 0 aliphatic heterocycles. The molecule has 1 aromatic heterocycles. The first-order chi connectivity index (χ1) is 12.6. The summed E-state index contributed by atoms with van der Waals surface area (Å²) in [5.74, 6) is 0.393. The lowest BCUT2D eigenvalue weighted by atomic mass is 10.2. The molecule has 5 nitrogen and oxygen atoms in total. The molecule has 0 atom stereocenters. The molecule has 2 aromatic carbocycles. The quantitative estimate of drug-likeness (QED) is 0.663. The summed E-state index contributed by atoms with van der Waals surface area (Å²) in [5.41, 5.74) is 1.89. The number of halogens is 1. The summed E-state index contributed by atoms with van der Waals surface area (Å²) < 4.78 is 15.5. The maximum atomic E-state index is 13.6. The van der Waals surface area contributed by atoms with Gasteiger partial charge >= 0.3 is 0 Å². The third kappa shape index (κ3) is 3.94. The molecule has 0 fully saturated rings. The number of thioether (sulfide) groups is 1. The average Bonchev–Trinajstić information content (AvgIpc) is 3.07. The minimum Gasteiger partial charge on any atom is -0.325 e. The molecule has 0 saturated carbocycles. The summed E-state index contributed by atoms with van der Waals surface area (Å²) in [6.07, 6.45) is 0. The van der Waals surface area contributed by atoms with Crippen molar-refractivity contribution in [2.24, 2.45) is 0 Å². The number of benzene rings is 2. The van der Waals surface area contributed by atoms with Crippen LogP contribution in [0.5, 0.6) is 0 Å². The SMILES string of the molecule is CCn1c(SCC(=O)Nc2cccc(F)c2C)nnc1-c1ccccc1. The van der Waals surface area contributed by atoms with Crippen molar-refractivity contribution < 1.29 is 9.18 Å². The van der Waals surface area contributed by atoms with E-state index < -0.39 is 0 Å². The van der Waals surface area contributed by atoms with Gasteiger partial charge in [-0.2, -0.15) is 0 Å². The number of rotatable bonds is 6. The third-order valence-electron chi connectivity index (χ3n) is 3.94. The predicted octanol–water partition coefficient (Wildman–Crippen LogP) is 4.14. The van der Waals surface area contributed by atoms with Crippen LogP contribution < -0.4 is 5.32 Å². The molecule has 0 unspecified atom stereocenters. The zero-order chi connectivity index (χ0) is 18.5. The van der Waals surface area contributed by atoms with Gasteiger partial charge in [0, 0.05) is 23.4 Å². The fourth-order valence-corrected chi connectivity index (χ4v) is 3.34. The molecule has 134 valence electrons. The highest BCUT2D eigenvalue weighted by Crippen LogP contribution is 2.24. The molecule has 3 rings (SSSR count). The Morgan fingerprint density at radius 3 is 2.65 bits per heavy atom. The summed E-state index contributed by atoms with van der Waals surface area (Å²) in [5, 5.41) is 11.9. The maximum absolute atomic E-state index is 13.6. The van der Waals surface area contributed by atoms with Crippen molar-refractivity contribution in [3.63, 3.8) is 0 Å². The van der Waals surface area contributed by atoms with E-state index in [2.05, 4.69) is 15.5 Å². The monoisotopic (exact) mass is 370 g/mol. The van der Waals surface area contributed by atoms with Gasteiger partial charge < -0.3 is 9.88 Å². The van der Waals surface area contributed by atoms with Crippen molar-refractivity contribution in [1.82, 2.24) is 14.8 Å². The standard InChI is InChI=1S/C19H19FN4OS/c1-3-24-18(14-8-5-4-6-9-14)22-23-19(24)26-12-17(25)21-16-11-7-10-15(20)13(16)2/h4-11H,3,12H2,1-2H3,(H,21,25). The number of amides is 1. The van der Waals surface area contributed by atoms with Gasteiger partial charge in [0.05, 0.1) is 5.75 Å². The first-order valence-electron chi connectivity index (χ1n) is 8.26. The molecule has 1 amide bonds. The fourth-order valence-electron chi connectivity index (χ4n) is 2.54. The van der Waals surface area contributed by atoms with Crippen molar-refractivity contribution in [2.75, 3.05) is 11.1 Å². The van der Waals surface area contributed by atoms with Crippen LogP contribution in [0.15, 0.2) is 53.7 Å². The number of nitrogens with one attached hydrogen (secondary N) is 1. The lowest BCUT2D eigenvalue weighted by molar-refractivity contribution is -0.113. The highest BCUT2D eigenvalue weighted by molar-refractivity contribution is 7.99. The van der Waals surface area contributed by atoms with Crippen molar-refractivity contribution in [3.05, 3.63) is 59.9 Å². The van der Waals surface area contributed by atoms with Gasteiger partial charge in [-0.05, 0) is 26.0 Å². The van der Waals surface area contributed by atoms with Crippen molar-refractivity contribution in [1.29, 1.82) is 0 Å².